The summed E-state index contributed by atoms with van der Waals surface area (Å²) in [4.78, 5) is 11.7. The predicted octanol–water partition coefficient (Wildman–Crippen LogP) is 3.62. The topological polar surface area (TPSA) is 35.5 Å². The second-order valence-corrected chi connectivity index (χ2v) is 10.8. The van der Waals surface area contributed by atoms with Crippen molar-refractivity contribution in [1.29, 1.82) is 0 Å². The van der Waals surface area contributed by atoms with Crippen LogP contribution in [0.15, 0.2) is 0 Å². The second kappa shape index (κ2) is 5.55. The lowest BCUT2D eigenvalue weighted by Gasteiger charge is -2.28. The quantitative estimate of drug-likeness (QED) is 0.272. The van der Waals surface area contributed by atoms with E-state index in [0.717, 1.165) is 7.11 Å². The molecule has 2 atom stereocenters. The molecular weight excluding hydrogens is 339 g/mol. The third kappa shape index (κ3) is 2.87. The molecule has 0 heterocycles. The Bertz CT molecular complexity index is 644. The first-order chi connectivity index (χ1) is 10.5. The van der Waals surface area contributed by atoms with E-state index in [-0.39, 0.29) is 6.42 Å². The number of esters is 1. The maximum absolute atomic E-state index is 14.1. The van der Waals surface area contributed by atoms with E-state index in [2.05, 4.69) is 4.74 Å². The number of ether oxygens (including phenoxy) is 1. The van der Waals surface area contributed by atoms with Gasteiger partial charge in [-0.3, -0.25) is 4.79 Å². The monoisotopic (exact) mass is 354 g/mol. The fourth-order valence-corrected chi connectivity index (χ4v) is 4.04. The van der Waals surface area contributed by atoms with Gasteiger partial charge in [0.05, 0.1) is 18.6 Å². The zero-order valence-electron chi connectivity index (χ0n) is 12.9. The predicted molar refractivity (Wildman–Crippen MR) is 72.5 cm³/mol. The average Bonchev–Trinajstić information content (AvgIpc) is 3.14. The van der Waals surface area contributed by atoms with Crippen LogP contribution in [0.4, 0.5) is 22.0 Å². The number of hydrogen-bond donors (Lipinski definition) is 0. The van der Waals surface area contributed by atoms with Crippen molar-refractivity contribution in [2.45, 2.75) is 31.7 Å². The molecule has 0 amide bonds. The lowest BCUT2D eigenvalue weighted by Crippen LogP contribution is -2.36. The van der Waals surface area contributed by atoms with Crippen molar-refractivity contribution >= 4 is 14.3 Å². The average molecular weight is 354 g/mol. The van der Waals surface area contributed by atoms with Crippen LogP contribution in [0, 0.1) is 35.0 Å². The standard InChI is InChI=1S/C14H15F5O3Si/c1-21-13(20)6-5-14(6,22-23(2,3)4)7-8(15)10(17)12(19)11(18)9(7)16/h6H,5H2,1-4H3/t6-,14+/m0/s1. The Labute approximate surface area is 130 Å². The Hall–Kier alpha value is -1.48. The van der Waals surface area contributed by atoms with E-state index in [1.807, 2.05) is 0 Å². The number of rotatable bonds is 4. The highest BCUT2D eigenvalue weighted by atomic mass is 28.4. The zero-order chi connectivity index (χ0) is 17.7. The summed E-state index contributed by atoms with van der Waals surface area (Å²) >= 11 is 0. The summed E-state index contributed by atoms with van der Waals surface area (Å²) in [7, 11) is -1.42. The summed E-state index contributed by atoms with van der Waals surface area (Å²) in [6.45, 7) is 5.02. The van der Waals surface area contributed by atoms with Gasteiger partial charge in [-0.2, -0.15) is 0 Å². The van der Waals surface area contributed by atoms with E-state index in [9.17, 15) is 26.7 Å². The molecule has 0 radical (unpaired) electrons. The Morgan fingerprint density at radius 3 is 1.83 bits per heavy atom. The first kappa shape index (κ1) is 17.9. The molecule has 3 nitrogen and oxygen atoms in total. The van der Waals surface area contributed by atoms with Gasteiger partial charge in [0.2, 0.25) is 5.82 Å². The number of carbonyl (C=O) groups excluding carboxylic acids is 1. The molecule has 0 unspecified atom stereocenters. The second-order valence-electron chi connectivity index (χ2n) is 6.33. The first-order valence-electron chi connectivity index (χ1n) is 6.76. The van der Waals surface area contributed by atoms with Crippen molar-refractivity contribution in [2.24, 2.45) is 5.92 Å². The van der Waals surface area contributed by atoms with Crippen molar-refractivity contribution in [2.75, 3.05) is 7.11 Å². The molecule has 9 heteroatoms. The van der Waals surface area contributed by atoms with Crippen LogP contribution in [0.1, 0.15) is 12.0 Å². The van der Waals surface area contributed by atoms with Crippen molar-refractivity contribution in [3.63, 3.8) is 0 Å². The molecule has 0 aromatic heterocycles. The summed E-state index contributed by atoms with van der Waals surface area (Å²) in [6, 6.07) is 0. The molecule has 1 aromatic carbocycles. The van der Waals surface area contributed by atoms with Crippen LogP contribution in [0.25, 0.3) is 0 Å². The van der Waals surface area contributed by atoms with Crippen LogP contribution in [0.2, 0.25) is 19.6 Å². The van der Waals surface area contributed by atoms with Gasteiger partial charge in [-0.1, -0.05) is 0 Å². The maximum atomic E-state index is 14.1. The summed E-state index contributed by atoms with van der Waals surface area (Å²) in [5.41, 5.74) is -2.99. The van der Waals surface area contributed by atoms with Crippen LogP contribution >= 0.6 is 0 Å². The summed E-state index contributed by atoms with van der Waals surface area (Å²) in [5.74, 6) is -12.3. The highest BCUT2D eigenvalue weighted by Crippen LogP contribution is 2.58. The van der Waals surface area contributed by atoms with Gasteiger partial charge < -0.3 is 9.16 Å². The molecule has 1 aliphatic carbocycles. The van der Waals surface area contributed by atoms with Gasteiger partial charge in [-0.05, 0) is 26.1 Å². The fraction of sp³-hybridized carbons (Fsp3) is 0.500. The van der Waals surface area contributed by atoms with Crippen LogP contribution in [0.3, 0.4) is 0 Å². The SMILES string of the molecule is COC(=O)[C@@H]1C[C@]1(O[Si](C)(C)C)c1c(F)c(F)c(F)c(F)c1F. The summed E-state index contributed by atoms with van der Waals surface area (Å²) < 4.78 is 78.6. The maximum Gasteiger partial charge on any atom is 0.312 e. The molecule has 23 heavy (non-hydrogen) atoms. The molecule has 0 bridgehead atoms. The highest BCUT2D eigenvalue weighted by molar-refractivity contribution is 6.69. The molecular formula is C14H15F5O3Si. The summed E-state index contributed by atoms with van der Waals surface area (Å²) in [5, 5.41) is 0. The number of halogens is 5. The van der Waals surface area contributed by atoms with Gasteiger partial charge in [0.25, 0.3) is 0 Å². The molecule has 1 saturated carbocycles. The molecule has 1 fully saturated rings. The van der Waals surface area contributed by atoms with Crippen molar-refractivity contribution in [3.8, 4) is 0 Å². The van der Waals surface area contributed by atoms with Crippen LogP contribution in [-0.2, 0) is 19.6 Å². The van der Waals surface area contributed by atoms with Gasteiger partial charge in [0, 0.05) is 0 Å². The summed E-state index contributed by atoms with van der Waals surface area (Å²) in [6.07, 6.45) is -0.206. The number of benzene rings is 1. The fourth-order valence-electron chi connectivity index (χ4n) is 2.62. The number of methoxy groups -OCH3 is 1. The van der Waals surface area contributed by atoms with Crippen molar-refractivity contribution < 1.29 is 35.9 Å². The molecule has 0 spiro atoms. The van der Waals surface area contributed by atoms with E-state index < -0.39 is 60.5 Å². The van der Waals surface area contributed by atoms with Gasteiger partial charge >= 0.3 is 5.97 Å². The van der Waals surface area contributed by atoms with E-state index in [4.69, 9.17) is 4.43 Å². The van der Waals surface area contributed by atoms with Crippen LogP contribution in [0.5, 0.6) is 0 Å². The van der Waals surface area contributed by atoms with E-state index in [1.54, 1.807) is 19.6 Å². The molecule has 2 rings (SSSR count). The Morgan fingerprint density at radius 2 is 1.43 bits per heavy atom. The minimum absolute atomic E-state index is 0.206. The minimum atomic E-state index is -2.49. The minimum Gasteiger partial charge on any atom is -0.469 e. The molecule has 1 aromatic rings. The molecule has 0 N–H and O–H groups in total. The van der Waals surface area contributed by atoms with Crippen LogP contribution in [-0.4, -0.2) is 21.4 Å². The zero-order valence-corrected chi connectivity index (χ0v) is 13.9. The van der Waals surface area contributed by atoms with Crippen molar-refractivity contribution in [3.05, 3.63) is 34.6 Å². The van der Waals surface area contributed by atoms with Gasteiger partial charge in [0.1, 0.15) is 5.60 Å². The van der Waals surface area contributed by atoms with Crippen LogP contribution < -0.4 is 0 Å². The lowest BCUT2D eigenvalue weighted by molar-refractivity contribution is -0.143. The Morgan fingerprint density at radius 1 is 1.00 bits per heavy atom. The third-order valence-corrected chi connectivity index (χ3v) is 4.49. The number of hydrogen-bond acceptors (Lipinski definition) is 3. The normalized spacial score (nSPS) is 23.8. The number of carbonyl (C=O) groups is 1. The molecule has 0 aliphatic heterocycles. The third-order valence-electron chi connectivity index (χ3n) is 3.52. The smallest absolute Gasteiger partial charge is 0.312 e. The highest BCUT2D eigenvalue weighted by Gasteiger charge is 2.65. The van der Waals surface area contributed by atoms with E-state index >= 15 is 0 Å². The first-order valence-corrected chi connectivity index (χ1v) is 10.2. The molecule has 1 aliphatic rings. The Kier molecular flexibility index (Phi) is 4.31. The van der Waals surface area contributed by atoms with E-state index in [1.165, 1.54) is 0 Å². The largest absolute Gasteiger partial charge is 0.469 e. The van der Waals surface area contributed by atoms with E-state index in [0.29, 0.717) is 0 Å². The van der Waals surface area contributed by atoms with Gasteiger partial charge in [-0.25, -0.2) is 22.0 Å². The lowest BCUT2D eigenvalue weighted by atomic mass is 10.0. The Balaban J connectivity index is 2.66. The van der Waals surface area contributed by atoms with Gasteiger partial charge in [-0.15, -0.1) is 0 Å². The molecule has 128 valence electrons. The molecule has 0 saturated heterocycles. The van der Waals surface area contributed by atoms with Gasteiger partial charge in [0.15, 0.2) is 31.6 Å². The van der Waals surface area contributed by atoms with Crippen molar-refractivity contribution in [1.82, 2.24) is 0 Å².